The molecule has 1 aliphatic heterocycles. The van der Waals surface area contributed by atoms with Gasteiger partial charge in [-0.3, -0.25) is 4.79 Å². The number of amides is 1. The zero-order valence-electron chi connectivity index (χ0n) is 11.2. The third-order valence-corrected chi connectivity index (χ3v) is 3.26. The second-order valence-corrected chi connectivity index (χ2v) is 5.70. The smallest absolute Gasteiger partial charge is 0.246 e. The molecular formula is C14H20N2O. The Balaban J connectivity index is 2.58. The lowest BCUT2D eigenvalue weighted by molar-refractivity contribution is -0.117. The van der Waals surface area contributed by atoms with Crippen LogP contribution in [0.5, 0.6) is 0 Å². The van der Waals surface area contributed by atoms with Crippen molar-refractivity contribution in [2.24, 2.45) is 0 Å². The van der Waals surface area contributed by atoms with Gasteiger partial charge in [-0.05, 0) is 45.4 Å². The van der Waals surface area contributed by atoms with Crippen molar-refractivity contribution in [3.63, 3.8) is 0 Å². The zero-order valence-corrected chi connectivity index (χ0v) is 11.2. The molecule has 3 nitrogen and oxygen atoms in total. The summed E-state index contributed by atoms with van der Waals surface area (Å²) in [5.74, 6) is 0.149. The summed E-state index contributed by atoms with van der Waals surface area (Å²) in [4.78, 5) is 15.9. The fourth-order valence-corrected chi connectivity index (χ4v) is 2.19. The van der Waals surface area contributed by atoms with Gasteiger partial charge in [-0.1, -0.05) is 6.07 Å². The molecule has 1 aromatic rings. The minimum Gasteiger partial charge on any atom is -0.356 e. The Morgan fingerprint density at radius 1 is 1.18 bits per heavy atom. The van der Waals surface area contributed by atoms with Gasteiger partial charge in [-0.15, -0.1) is 0 Å². The molecule has 2 rings (SSSR count). The molecule has 0 spiro atoms. The lowest BCUT2D eigenvalue weighted by atomic mass is 10.0. The van der Waals surface area contributed by atoms with Crippen LogP contribution in [0.3, 0.4) is 0 Å². The number of benzene rings is 1. The van der Waals surface area contributed by atoms with Crippen LogP contribution >= 0.6 is 0 Å². The number of hydrogen-bond acceptors (Lipinski definition) is 2. The van der Waals surface area contributed by atoms with E-state index in [2.05, 4.69) is 44.7 Å². The van der Waals surface area contributed by atoms with Gasteiger partial charge in [0.2, 0.25) is 5.91 Å². The highest BCUT2D eigenvalue weighted by molar-refractivity contribution is 6.03. The predicted molar refractivity (Wildman–Crippen MR) is 71.7 cm³/mol. The summed E-state index contributed by atoms with van der Waals surface area (Å²) in [6.45, 7) is 8.95. The van der Waals surface area contributed by atoms with Gasteiger partial charge in [0, 0.05) is 12.6 Å². The quantitative estimate of drug-likeness (QED) is 0.686. The highest BCUT2D eigenvalue weighted by atomic mass is 16.2. The number of anilines is 2. The molecule has 0 aliphatic carbocycles. The maximum atomic E-state index is 12.0. The lowest BCUT2D eigenvalue weighted by Gasteiger charge is -2.43. The molecule has 17 heavy (non-hydrogen) atoms. The van der Waals surface area contributed by atoms with Crippen LogP contribution in [0.4, 0.5) is 11.4 Å². The Morgan fingerprint density at radius 2 is 1.82 bits per heavy atom. The molecule has 0 N–H and O–H groups in total. The van der Waals surface area contributed by atoms with Gasteiger partial charge in [0.25, 0.3) is 0 Å². The van der Waals surface area contributed by atoms with Gasteiger partial charge < -0.3 is 9.80 Å². The molecule has 1 heterocycles. The second kappa shape index (κ2) is 3.76. The van der Waals surface area contributed by atoms with E-state index in [1.807, 2.05) is 13.1 Å². The number of carbonyl (C=O) groups excluding carboxylic acids is 1. The van der Waals surface area contributed by atoms with Crippen LogP contribution < -0.4 is 9.80 Å². The average Bonchev–Trinajstić information content (AvgIpc) is 2.21. The molecule has 3 heteroatoms. The molecule has 0 saturated carbocycles. The van der Waals surface area contributed by atoms with E-state index >= 15 is 0 Å². The van der Waals surface area contributed by atoms with Crippen molar-refractivity contribution in [1.82, 2.24) is 0 Å². The van der Waals surface area contributed by atoms with Crippen LogP contribution in [-0.2, 0) is 4.79 Å². The molecule has 0 bridgehead atoms. The van der Waals surface area contributed by atoms with Gasteiger partial charge in [-0.25, -0.2) is 0 Å². The normalized spacial score (nSPS) is 16.2. The Hall–Kier alpha value is -1.51. The van der Waals surface area contributed by atoms with Crippen LogP contribution in [0.1, 0.15) is 26.3 Å². The Labute approximate surface area is 103 Å². The van der Waals surface area contributed by atoms with Crippen LogP contribution in [0, 0.1) is 6.92 Å². The SMILES string of the molecule is Cc1ccc2c(c1)N(C(C)(C)C)CC(=O)N2C. The van der Waals surface area contributed by atoms with E-state index in [0.717, 1.165) is 11.4 Å². The minimum absolute atomic E-state index is 0.0422. The van der Waals surface area contributed by atoms with E-state index in [0.29, 0.717) is 6.54 Å². The average molecular weight is 232 g/mol. The van der Waals surface area contributed by atoms with Gasteiger partial charge in [0.1, 0.15) is 0 Å². The summed E-state index contributed by atoms with van der Waals surface area (Å²) in [6.07, 6.45) is 0. The molecule has 1 aromatic carbocycles. The summed E-state index contributed by atoms with van der Waals surface area (Å²) < 4.78 is 0. The van der Waals surface area contributed by atoms with Crippen molar-refractivity contribution in [2.75, 3.05) is 23.4 Å². The largest absolute Gasteiger partial charge is 0.356 e. The van der Waals surface area contributed by atoms with Crippen molar-refractivity contribution in [3.05, 3.63) is 23.8 Å². The standard InChI is InChI=1S/C14H20N2O/c1-10-6-7-11-12(8-10)16(14(2,3)4)9-13(17)15(11)5/h6-8H,9H2,1-5H3. The summed E-state index contributed by atoms with van der Waals surface area (Å²) >= 11 is 0. The molecule has 0 saturated heterocycles. The number of nitrogens with zero attached hydrogens (tertiary/aromatic N) is 2. The summed E-state index contributed by atoms with van der Waals surface area (Å²) in [5, 5.41) is 0. The lowest BCUT2D eigenvalue weighted by Crippen LogP contribution is -2.51. The van der Waals surface area contributed by atoms with Crippen LogP contribution in [0.2, 0.25) is 0 Å². The van der Waals surface area contributed by atoms with Crippen LogP contribution in [-0.4, -0.2) is 25.0 Å². The fourth-order valence-electron chi connectivity index (χ4n) is 2.19. The molecule has 1 amide bonds. The Morgan fingerprint density at radius 3 is 2.41 bits per heavy atom. The Bertz CT molecular complexity index is 460. The first-order chi connectivity index (χ1) is 7.80. The third-order valence-electron chi connectivity index (χ3n) is 3.26. The summed E-state index contributed by atoms with van der Waals surface area (Å²) in [6, 6.07) is 6.23. The second-order valence-electron chi connectivity index (χ2n) is 5.70. The molecule has 0 radical (unpaired) electrons. The van der Waals surface area contributed by atoms with Gasteiger partial charge in [-0.2, -0.15) is 0 Å². The molecule has 0 aromatic heterocycles. The Kier molecular flexibility index (Phi) is 2.64. The monoisotopic (exact) mass is 232 g/mol. The molecular weight excluding hydrogens is 212 g/mol. The first-order valence-corrected chi connectivity index (χ1v) is 5.95. The molecule has 1 aliphatic rings. The number of likely N-dealkylation sites (N-methyl/N-ethyl adjacent to an activating group) is 1. The number of carbonyl (C=O) groups is 1. The number of aryl methyl sites for hydroxylation is 1. The maximum absolute atomic E-state index is 12.0. The first-order valence-electron chi connectivity index (χ1n) is 5.95. The van der Waals surface area contributed by atoms with Crippen molar-refractivity contribution in [3.8, 4) is 0 Å². The van der Waals surface area contributed by atoms with Gasteiger partial charge in [0.05, 0.1) is 17.9 Å². The van der Waals surface area contributed by atoms with Gasteiger partial charge in [0.15, 0.2) is 0 Å². The van der Waals surface area contributed by atoms with Crippen molar-refractivity contribution < 1.29 is 4.79 Å². The molecule has 0 unspecified atom stereocenters. The van der Waals surface area contributed by atoms with Crippen molar-refractivity contribution in [2.45, 2.75) is 33.2 Å². The van der Waals surface area contributed by atoms with E-state index in [4.69, 9.17) is 0 Å². The van der Waals surface area contributed by atoms with E-state index < -0.39 is 0 Å². The van der Waals surface area contributed by atoms with E-state index in [1.165, 1.54) is 5.56 Å². The summed E-state index contributed by atoms with van der Waals surface area (Å²) in [5.41, 5.74) is 3.33. The minimum atomic E-state index is -0.0422. The highest BCUT2D eigenvalue weighted by Crippen LogP contribution is 2.37. The summed E-state index contributed by atoms with van der Waals surface area (Å²) in [7, 11) is 1.84. The van der Waals surface area contributed by atoms with Gasteiger partial charge >= 0.3 is 0 Å². The third kappa shape index (κ3) is 2.02. The fraction of sp³-hybridized carbons (Fsp3) is 0.500. The van der Waals surface area contributed by atoms with Crippen molar-refractivity contribution >= 4 is 17.3 Å². The zero-order chi connectivity index (χ0) is 12.8. The van der Waals surface area contributed by atoms with Crippen LogP contribution in [0.25, 0.3) is 0 Å². The van der Waals surface area contributed by atoms with E-state index in [1.54, 1.807) is 4.90 Å². The van der Waals surface area contributed by atoms with E-state index in [-0.39, 0.29) is 11.4 Å². The first kappa shape index (κ1) is 12.0. The number of rotatable bonds is 0. The van der Waals surface area contributed by atoms with Crippen LogP contribution in [0.15, 0.2) is 18.2 Å². The number of hydrogen-bond donors (Lipinski definition) is 0. The van der Waals surface area contributed by atoms with Crippen molar-refractivity contribution in [1.29, 1.82) is 0 Å². The predicted octanol–water partition coefficient (Wildman–Crippen LogP) is 2.58. The highest BCUT2D eigenvalue weighted by Gasteiger charge is 2.32. The number of fused-ring (bicyclic) bond motifs is 1. The van der Waals surface area contributed by atoms with E-state index in [9.17, 15) is 4.79 Å². The maximum Gasteiger partial charge on any atom is 0.246 e. The topological polar surface area (TPSA) is 23.6 Å². The molecule has 0 fully saturated rings. The molecule has 0 atom stereocenters. The molecule has 92 valence electrons.